The molecule has 0 unspecified atom stereocenters. The number of ether oxygens (including phenoxy) is 2. The van der Waals surface area contributed by atoms with Crippen LogP contribution < -0.4 is 9.47 Å². The SMILES string of the molecule is COc1cccc([C@]23C=C(OS(=O)(=O)C(F)(F)F)CN(CCC#C[Si](C(C)C)(C(C)C)C(C)C)[C@H]2Cc2cccc(OC)c23)c1. The number of hydrogen-bond donors (Lipinski definition) is 0. The Morgan fingerprint density at radius 3 is 2.22 bits per heavy atom. The van der Waals surface area contributed by atoms with E-state index in [1.807, 2.05) is 41.3 Å². The first-order valence-electron chi connectivity index (χ1n) is 15.3. The van der Waals surface area contributed by atoms with Crippen LogP contribution in [-0.4, -0.2) is 60.3 Å². The Kier molecular flexibility index (Phi) is 10.1. The Hall–Kier alpha value is -2.94. The number of alkyl halides is 3. The topological polar surface area (TPSA) is 65.1 Å². The van der Waals surface area contributed by atoms with Crippen molar-refractivity contribution in [1.29, 1.82) is 0 Å². The van der Waals surface area contributed by atoms with Crippen molar-refractivity contribution in [2.24, 2.45) is 0 Å². The Bertz CT molecular complexity index is 1570. The van der Waals surface area contributed by atoms with E-state index in [1.165, 1.54) is 0 Å². The summed E-state index contributed by atoms with van der Waals surface area (Å²) in [5.41, 5.74) is 0.860. The summed E-state index contributed by atoms with van der Waals surface area (Å²) in [5.74, 6) is 4.28. The molecule has 0 spiro atoms. The Labute approximate surface area is 267 Å². The van der Waals surface area contributed by atoms with Crippen molar-refractivity contribution < 1.29 is 35.2 Å². The summed E-state index contributed by atoms with van der Waals surface area (Å²) in [6.07, 6.45) is 2.58. The van der Waals surface area contributed by atoms with Gasteiger partial charge in [-0.05, 0) is 58.4 Å². The molecule has 1 aliphatic carbocycles. The zero-order chi connectivity index (χ0) is 33.4. The highest BCUT2D eigenvalue weighted by Crippen LogP contribution is 2.54. The van der Waals surface area contributed by atoms with Gasteiger partial charge in [0.2, 0.25) is 0 Å². The van der Waals surface area contributed by atoms with Crippen molar-refractivity contribution in [2.45, 2.75) is 88.0 Å². The first kappa shape index (κ1) is 34.9. The Balaban J connectivity index is 1.89. The summed E-state index contributed by atoms with van der Waals surface area (Å²) < 4.78 is 81.6. The second kappa shape index (κ2) is 13.0. The third-order valence-electron chi connectivity index (χ3n) is 9.62. The normalized spacial score (nSPS) is 20.4. The molecular formula is C34H44F3NO5SSi. The zero-order valence-corrected chi connectivity index (χ0v) is 29.1. The molecule has 4 rings (SSSR count). The van der Waals surface area contributed by atoms with Crippen molar-refractivity contribution in [3.05, 3.63) is 71.0 Å². The average Bonchev–Trinajstić information content (AvgIpc) is 3.31. The van der Waals surface area contributed by atoms with Crippen molar-refractivity contribution in [2.75, 3.05) is 27.3 Å². The van der Waals surface area contributed by atoms with Gasteiger partial charge in [-0.2, -0.15) is 21.6 Å². The predicted molar refractivity (Wildman–Crippen MR) is 173 cm³/mol. The number of methoxy groups -OCH3 is 2. The number of hydrogen-bond acceptors (Lipinski definition) is 6. The largest absolute Gasteiger partial charge is 0.534 e. The van der Waals surface area contributed by atoms with E-state index in [-0.39, 0.29) is 18.3 Å². The van der Waals surface area contributed by atoms with E-state index in [0.29, 0.717) is 47.5 Å². The Morgan fingerprint density at radius 2 is 1.64 bits per heavy atom. The number of fused-ring (bicyclic) bond motifs is 3. The zero-order valence-electron chi connectivity index (χ0n) is 27.3. The molecule has 0 saturated carbocycles. The van der Waals surface area contributed by atoms with Crippen LogP contribution in [0.15, 0.2) is 54.3 Å². The lowest BCUT2D eigenvalue weighted by Gasteiger charge is -2.45. The second-order valence-corrected chi connectivity index (χ2v) is 19.9. The van der Waals surface area contributed by atoms with Crippen LogP contribution in [0.2, 0.25) is 16.6 Å². The van der Waals surface area contributed by atoms with Gasteiger partial charge in [0.25, 0.3) is 0 Å². The fourth-order valence-electron chi connectivity index (χ4n) is 7.74. The maximum atomic E-state index is 13.6. The molecule has 2 atom stereocenters. The molecule has 1 heterocycles. The van der Waals surface area contributed by atoms with Gasteiger partial charge in [-0.3, -0.25) is 4.90 Å². The highest BCUT2D eigenvalue weighted by molar-refractivity contribution is 7.87. The Morgan fingerprint density at radius 1 is 1.00 bits per heavy atom. The molecule has 2 aromatic rings. The standard InChI is InChI=1S/C34H44F3NO5SSi/c1-23(2)45(24(3)4,25(5)6)18-10-9-17-38-22-29(43-44(39,40)34(35,36)37)21-33(27-14-12-15-28(20-27)41-7)31(38)19-26-13-11-16-30(42-8)32(26)33/h11-16,20-21,23-25,31H,9,17,19,22H2,1-8H3/t31-,33+/m0/s1. The number of nitrogens with zero attached hydrogens (tertiary/aromatic N) is 1. The van der Waals surface area contributed by atoms with E-state index in [9.17, 15) is 21.6 Å². The van der Waals surface area contributed by atoms with Crippen LogP contribution in [0, 0.1) is 11.5 Å². The molecule has 246 valence electrons. The highest BCUT2D eigenvalue weighted by atomic mass is 32.2. The number of rotatable bonds is 10. The maximum absolute atomic E-state index is 13.6. The predicted octanol–water partition coefficient (Wildman–Crippen LogP) is 7.59. The van der Waals surface area contributed by atoms with Crippen LogP contribution in [0.1, 0.15) is 64.7 Å². The molecule has 0 aromatic heterocycles. The van der Waals surface area contributed by atoms with E-state index < -0.39 is 29.1 Å². The summed E-state index contributed by atoms with van der Waals surface area (Å²) in [5, 5.41) is 0. The van der Waals surface area contributed by atoms with Crippen LogP contribution in [-0.2, 0) is 26.1 Å². The summed E-state index contributed by atoms with van der Waals surface area (Å²) >= 11 is 0. The number of benzene rings is 2. The monoisotopic (exact) mass is 663 g/mol. The minimum absolute atomic E-state index is 0.120. The minimum atomic E-state index is -5.91. The molecule has 0 N–H and O–H groups in total. The molecule has 0 amide bonds. The summed E-state index contributed by atoms with van der Waals surface area (Å²) in [4.78, 5) is 2.01. The summed E-state index contributed by atoms with van der Waals surface area (Å²) in [6, 6.07) is 12.7. The number of halogens is 3. The van der Waals surface area contributed by atoms with E-state index in [0.717, 1.165) is 16.7 Å². The molecule has 0 bridgehead atoms. The molecule has 11 heteroatoms. The fraction of sp³-hybridized carbons (Fsp3) is 0.529. The van der Waals surface area contributed by atoms with Crippen LogP contribution in [0.5, 0.6) is 11.5 Å². The van der Waals surface area contributed by atoms with Gasteiger partial charge >= 0.3 is 15.6 Å². The van der Waals surface area contributed by atoms with Gasteiger partial charge in [0, 0.05) is 24.6 Å². The maximum Gasteiger partial charge on any atom is 0.534 e. The quantitative estimate of drug-likeness (QED) is 0.113. The van der Waals surface area contributed by atoms with Crippen LogP contribution in [0.3, 0.4) is 0 Å². The van der Waals surface area contributed by atoms with Crippen molar-refractivity contribution in [1.82, 2.24) is 4.90 Å². The fourth-order valence-corrected chi connectivity index (χ4v) is 13.5. The van der Waals surface area contributed by atoms with Gasteiger partial charge < -0.3 is 13.7 Å². The van der Waals surface area contributed by atoms with Crippen molar-refractivity contribution >= 4 is 18.2 Å². The first-order chi connectivity index (χ1) is 21.0. The van der Waals surface area contributed by atoms with Gasteiger partial charge in [0.05, 0.1) is 26.2 Å². The lowest BCUT2D eigenvalue weighted by Crippen LogP contribution is -2.53. The molecule has 1 aliphatic heterocycles. The van der Waals surface area contributed by atoms with E-state index in [2.05, 4.69) is 53.0 Å². The van der Waals surface area contributed by atoms with Crippen LogP contribution >= 0.6 is 0 Å². The molecule has 45 heavy (non-hydrogen) atoms. The molecule has 6 nitrogen and oxygen atoms in total. The molecular weight excluding hydrogens is 620 g/mol. The summed E-state index contributed by atoms with van der Waals surface area (Å²) in [7, 11) is -4.83. The minimum Gasteiger partial charge on any atom is -0.497 e. The molecule has 0 fully saturated rings. The third-order valence-corrected chi connectivity index (χ3v) is 17.0. The average molecular weight is 664 g/mol. The van der Waals surface area contributed by atoms with Crippen molar-refractivity contribution in [3.8, 4) is 23.0 Å². The van der Waals surface area contributed by atoms with Gasteiger partial charge in [-0.25, -0.2) is 0 Å². The van der Waals surface area contributed by atoms with Crippen LogP contribution in [0.4, 0.5) is 13.2 Å². The lowest BCUT2D eigenvalue weighted by molar-refractivity contribution is -0.0528. The van der Waals surface area contributed by atoms with E-state index in [4.69, 9.17) is 13.7 Å². The van der Waals surface area contributed by atoms with E-state index >= 15 is 0 Å². The van der Waals surface area contributed by atoms with Gasteiger partial charge in [0.1, 0.15) is 25.3 Å². The van der Waals surface area contributed by atoms with Gasteiger partial charge in [0.15, 0.2) is 0 Å². The first-order valence-corrected chi connectivity index (χ1v) is 19.0. The summed E-state index contributed by atoms with van der Waals surface area (Å²) in [6.45, 7) is 13.7. The molecule has 0 radical (unpaired) electrons. The smallest absolute Gasteiger partial charge is 0.497 e. The molecule has 2 aromatic carbocycles. The third kappa shape index (κ3) is 6.26. The second-order valence-electron chi connectivity index (χ2n) is 12.8. The van der Waals surface area contributed by atoms with Crippen LogP contribution in [0.25, 0.3) is 0 Å². The lowest BCUT2D eigenvalue weighted by atomic mass is 9.70. The van der Waals surface area contributed by atoms with Gasteiger partial charge in [-0.15, -0.1) is 11.5 Å². The van der Waals surface area contributed by atoms with Crippen molar-refractivity contribution in [3.63, 3.8) is 0 Å². The molecule has 0 saturated heterocycles. The van der Waals surface area contributed by atoms with E-state index in [1.54, 1.807) is 26.4 Å². The van der Waals surface area contributed by atoms with Gasteiger partial charge in [-0.1, -0.05) is 65.8 Å². The molecule has 2 aliphatic rings. The highest BCUT2D eigenvalue weighted by Gasteiger charge is 2.55.